The predicted octanol–water partition coefficient (Wildman–Crippen LogP) is 1.50. The third-order valence-electron chi connectivity index (χ3n) is 1.83. The van der Waals surface area contributed by atoms with Crippen molar-refractivity contribution in [3.05, 3.63) is 11.6 Å². The SMILES string of the molecule is CC(=O)C1=CC(C)(C)CC1=O. The van der Waals surface area contributed by atoms with Crippen molar-refractivity contribution in [3.63, 3.8) is 0 Å². The van der Waals surface area contributed by atoms with Gasteiger partial charge in [0.05, 0.1) is 5.57 Å². The molecule has 0 radical (unpaired) electrons. The first-order chi connectivity index (χ1) is 4.92. The predicted molar refractivity (Wildman–Crippen MR) is 42.2 cm³/mol. The van der Waals surface area contributed by atoms with Gasteiger partial charge >= 0.3 is 0 Å². The van der Waals surface area contributed by atoms with Gasteiger partial charge in [-0.25, -0.2) is 0 Å². The van der Waals surface area contributed by atoms with E-state index in [9.17, 15) is 9.59 Å². The molecule has 1 aliphatic rings. The first-order valence-electron chi connectivity index (χ1n) is 3.69. The molecule has 0 aliphatic heterocycles. The quantitative estimate of drug-likeness (QED) is 0.533. The van der Waals surface area contributed by atoms with E-state index in [2.05, 4.69) is 0 Å². The number of hydrogen-bond acceptors (Lipinski definition) is 2. The van der Waals surface area contributed by atoms with Crippen molar-refractivity contribution >= 4 is 11.6 Å². The molecule has 0 saturated carbocycles. The Labute approximate surface area is 66.3 Å². The van der Waals surface area contributed by atoms with Gasteiger partial charge in [-0.1, -0.05) is 19.9 Å². The fourth-order valence-electron chi connectivity index (χ4n) is 1.33. The van der Waals surface area contributed by atoms with Crippen molar-refractivity contribution in [2.75, 3.05) is 0 Å². The number of allylic oxidation sites excluding steroid dienone is 2. The molecular weight excluding hydrogens is 140 g/mol. The van der Waals surface area contributed by atoms with E-state index < -0.39 is 0 Å². The van der Waals surface area contributed by atoms with Gasteiger partial charge in [-0.15, -0.1) is 0 Å². The van der Waals surface area contributed by atoms with Crippen molar-refractivity contribution in [1.29, 1.82) is 0 Å². The van der Waals surface area contributed by atoms with Crippen LogP contribution in [-0.2, 0) is 9.59 Å². The number of hydrogen-bond donors (Lipinski definition) is 0. The summed E-state index contributed by atoms with van der Waals surface area (Å²) in [7, 11) is 0. The van der Waals surface area contributed by atoms with Crippen molar-refractivity contribution < 1.29 is 9.59 Å². The number of carbonyl (C=O) groups excluding carboxylic acids is 2. The maximum atomic E-state index is 11.1. The van der Waals surface area contributed by atoms with Gasteiger partial charge in [0, 0.05) is 6.42 Å². The second-order valence-corrected chi connectivity index (χ2v) is 3.70. The summed E-state index contributed by atoms with van der Waals surface area (Å²) in [6, 6.07) is 0. The Hall–Kier alpha value is -0.920. The van der Waals surface area contributed by atoms with Crippen LogP contribution in [0.25, 0.3) is 0 Å². The lowest BCUT2D eigenvalue weighted by Gasteiger charge is -2.10. The van der Waals surface area contributed by atoms with Gasteiger partial charge in [0.1, 0.15) is 0 Å². The molecule has 0 heterocycles. The minimum absolute atomic E-state index is 0.0116. The Balaban J connectivity index is 2.97. The van der Waals surface area contributed by atoms with Crippen LogP contribution in [0, 0.1) is 5.41 Å². The molecular formula is C9H12O2. The molecule has 2 heteroatoms. The van der Waals surface area contributed by atoms with Gasteiger partial charge in [0.2, 0.25) is 0 Å². The average Bonchev–Trinajstić information content (AvgIpc) is 2.05. The van der Waals surface area contributed by atoms with Crippen LogP contribution >= 0.6 is 0 Å². The van der Waals surface area contributed by atoms with Gasteiger partial charge in [-0.2, -0.15) is 0 Å². The second kappa shape index (κ2) is 2.29. The zero-order valence-corrected chi connectivity index (χ0v) is 7.10. The van der Waals surface area contributed by atoms with Gasteiger partial charge < -0.3 is 0 Å². The summed E-state index contributed by atoms with van der Waals surface area (Å²) in [5, 5.41) is 0. The largest absolute Gasteiger partial charge is 0.294 e. The minimum Gasteiger partial charge on any atom is -0.294 e. The minimum atomic E-state index is -0.113. The van der Waals surface area contributed by atoms with E-state index in [1.165, 1.54) is 6.92 Å². The highest BCUT2D eigenvalue weighted by Gasteiger charge is 2.31. The normalized spacial score (nSPS) is 21.7. The van der Waals surface area contributed by atoms with E-state index in [-0.39, 0.29) is 17.0 Å². The Morgan fingerprint density at radius 3 is 2.27 bits per heavy atom. The smallest absolute Gasteiger partial charge is 0.166 e. The molecule has 2 nitrogen and oxygen atoms in total. The molecule has 11 heavy (non-hydrogen) atoms. The van der Waals surface area contributed by atoms with Crippen LogP contribution in [0.4, 0.5) is 0 Å². The molecule has 0 unspecified atom stereocenters. The molecule has 1 aliphatic carbocycles. The van der Waals surface area contributed by atoms with E-state index in [1.54, 1.807) is 6.08 Å². The first-order valence-corrected chi connectivity index (χ1v) is 3.69. The zero-order chi connectivity index (χ0) is 8.65. The number of ketones is 2. The van der Waals surface area contributed by atoms with Crippen LogP contribution in [0.3, 0.4) is 0 Å². The Morgan fingerprint density at radius 1 is 1.55 bits per heavy atom. The number of Topliss-reactive ketones (excluding diaryl/α,β-unsaturated/α-hetero) is 2. The Bertz CT molecular complexity index is 246. The fraction of sp³-hybridized carbons (Fsp3) is 0.556. The molecule has 0 amide bonds. The summed E-state index contributed by atoms with van der Waals surface area (Å²) in [4.78, 5) is 22.0. The Morgan fingerprint density at radius 2 is 2.09 bits per heavy atom. The highest BCUT2D eigenvalue weighted by Crippen LogP contribution is 2.32. The van der Waals surface area contributed by atoms with Crippen LogP contribution in [0.15, 0.2) is 11.6 Å². The van der Waals surface area contributed by atoms with Crippen LogP contribution in [-0.4, -0.2) is 11.6 Å². The van der Waals surface area contributed by atoms with E-state index in [0.29, 0.717) is 12.0 Å². The van der Waals surface area contributed by atoms with Gasteiger partial charge in [0.15, 0.2) is 11.6 Å². The van der Waals surface area contributed by atoms with E-state index in [4.69, 9.17) is 0 Å². The fourth-order valence-corrected chi connectivity index (χ4v) is 1.33. The third kappa shape index (κ3) is 1.56. The van der Waals surface area contributed by atoms with Crippen molar-refractivity contribution in [3.8, 4) is 0 Å². The molecule has 60 valence electrons. The van der Waals surface area contributed by atoms with Gasteiger partial charge in [-0.05, 0) is 12.3 Å². The highest BCUT2D eigenvalue weighted by molar-refractivity contribution is 6.21. The molecule has 0 bridgehead atoms. The van der Waals surface area contributed by atoms with E-state index in [1.807, 2.05) is 13.8 Å². The maximum absolute atomic E-state index is 11.1. The molecule has 0 aromatic rings. The molecule has 0 fully saturated rings. The number of carbonyl (C=O) groups is 2. The highest BCUT2D eigenvalue weighted by atomic mass is 16.1. The summed E-state index contributed by atoms with van der Waals surface area (Å²) < 4.78 is 0. The lowest BCUT2D eigenvalue weighted by molar-refractivity contribution is -0.120. The lowest BCUT2D eigenvalue weighted by atomic mass is 9.93. The van der Waals surface area contributed by atoms with Crippen LogP contribution < -0.4 is 0 Å². The molecule has 0 aromatic carbocycles. The van der Waals surface area contributed by atoms with Crippen molar-refractivity contribution in [1.82, 2.24) is 0 Å². The monoisotopic (exact) mass is 152 g/mol. The van der Waals surface area contributed by atoms with Crippen LogP contribution in [0.2, 0.25) is 0 Å². The molecule has 0 N–H and O–H groups in total. The third-order valence-corrected chi connectivity index (χ3v) is 1.83. The average molecular weight is 152 g/mol. The zero-order valence-electron chi connectivity index (χ0n) is 7.10. The van der Waals surface area contributed by atoms with Crippen molar-refractivity contribution in [2.45, 2.75) is 27.2 Å². The summed E-state index contributed by atoms with van der Waals surface area (Å²) in [5.74, 6) is -0.122. The molecule has 1 rings (SSSR count). The summed E-state index contributed by atoms with van der Waals surface area (Å²) in [6.45, 7) is 5.35. The van der Waals surface area contributed by atoms with Crippen LogP contribution in [0.5, 0.6) is 0 Å². The molecule has 0 aromatic heterocycles. The van der Waals surface area contributed by atoms with Crippen molar-refractivity contribution in [2.24, 2.45) is 5.41 Å². The molecule has 0 saturated heterocycles. The standard InChI is InChI=1S/C9H12O2/c1-6(10)7-4-9(2,3)5-8(7)11/h4H,5H2,1-3H3. The van der Waals surface area contributed by atoms with Crippen LogP contribution in [0.1, 0.15) is 27.2 Å². The Kier molecular flexibility index (Phi) is 1.70. The maximum Gasteiger partial charge on any atom is 0.166 e. The second-order valence-electron chi connectivity index (χ2n) is 3.70. The topological polar surface area (TPSA) is 34.1 Å². The molecule has 0 atom stereocenters. The van der Waals surface area contributed by atoms with Gasteiger partial charge in [0.25, 0.3) is 0 Å². The number of rotatable bonds is 1. The van der Waals surface area contributed by atoms with Gasteiger partial charge in [-0.3, -0.25) is 9.59 Å². The molecule has 0 spiro atoms. The summed E-state index contributed by atoms with van der Waals surface area (Å²) in [5.41, 5.74) is 0.271. The summed E-state index contributed by atoms with van der Waals surface area (Å²) in [6.07, 6.45) is 2.25. The van der Waals surface area contributed by atoms with E-state index in [0.717, 1.165) is 0 Å². The van der Waals surface area contributed by atoms with E-state index >= 15 is 0 Å². The first kappa shape index (κ1) is 8.18. The summed E-state index contributed by atoms with van der Waals surface area (Å²) >= 11 is 0. The lowest BCUT2D eigenvalue weighted by Crippen LogP contribution is -2.07.